The Hall–Kier alpha value is -0.860. The van der Waals surface area contributed by atoms with E-state index in [4.69, 9.17) is 5.26 Å². The smallest absolute Gasteiger partial charge is 0.263 e. The molecule has 0 aliphatic heterocycles. The molecule has 0 aliphatic rings. The Bertz CT molecular complexity index is 410. The Morgan fingerprint density at radius 3 is 2.81 bits per heavy atom. The maximum atomic E-state index is 12.0. The van der Waals surface area contributed by atoms with Crippen molar-refractivity contribution >= 4 is 33.2 Å². The average molecular weight is 301 g/mol. The van der Waals surface area contributed by atoms with Gasteiger partial charge in [-0.05, 0) is 41.9 Å². The highest BCUT2D eigenvalue weighted by Crippen LogP contribution is 2.23. The molecule has 0 aliphatic carbocycles. The number of halogens is 1. The number of amides is 1. The third-order valence-corrected chi connectivity index (χ3v) is 3.78. The first-order valence-electron chi connectivity index (χ1n) is 5.02. The van der Waals surface area contributed by atoms with Crippen molar-refractivity contribution in [3.05, 3.63) is 20.8 Å². The summed E-state index contributed by atoms with van der Waals surface area (Å²) in [7, 11) is 0. The van der Waals surface area contributed by atoms with E-state index in [2.05, 4.69) is 22.0 Å². The van der Waals surface area contributed by atoms with Gasteiger partial charge in [0, 0.05) is 13.1 Å². The van der Waals surface area contributed by atoms with Crippen LogP contribution in [0, 0.1) is 17.2 Å². The first-order chi connectivity index (χ1) is 7.58. The zero-order valence-electron chi connectivity index (χ0n) is 9.24. The number of rotatable bonds is 4. The number of nitrogens with zero attached hydrogens (tertiary/aromatic N) is 2. The van der Waals surface area contributed by atoms with E-state index in [9.17, 15) is 4.79 Å². The van der Waals surface area contributed by atoms with Gasteiger partial charge in [0.05, 0.1) is 20.7 Å². The normalized spacial score (nSPS) is 11.9. The van der Waals surface area contributed by atoms with E-state index < -0.39 is 0 Å². The van der Waals surface area contributed by atoms with Crippen molar-refractivity contribution in [1.82, 2.24) is 4.90 Å². The molecule has 16 heavy (non-hydrogen) atoms. The summed E-state index contributed by atoms with van der Waals surface area (Å²) >= 11 is 4.75. The molecule has 1 rings (SSSR count). The quantitative estimate of drug-likeness (QED) is 0.857. The van der Waals surface area contributed by atoms with Crippen molar-refractivity contribution in [1.29, 1.82) is 5.26 Å². The lowest BCUT2D eigenvalue weighted by Gasteiger charge is -2.21. The van der Waals surface area contributed by atoms with E-state index in [1.54, 1.807) is 11.0 Å². The molecule has 1 aromatic rings. The Balaban J connectivity index is 2.74. The highest BCUT2D eigenvalue weighted by Gasteiger charge is 2.17. The lowest BCUT2D eigenvalue weighted by atomic mass is 10.2. The van der Waals surface area contributed by atoms with Crippen molar-refractivity contribution in [2.45, 2.75) is 13.8 Å². The second kappa shape index (κ2) is 6.02. The van der Waals surface area contributed by atoms with Crippen molar-refractivity contribution in [3.8, 4) is 6.07 Å². The molecule has 0 radical (unpaired) electrons. The molecular formula is C11H13BrN2OS. The topological polar surface area (TPSA) is 44.1 Å². The maximum Gasteiger partial charge on any atom is 0.263 e. The average Bonchev–Trinajstić information content (AvgIpc) is 2.71. The first-order valence-corrected chi connectivity index (χ1v) is 6.63. The van der Waals surface area contributed by atoms with Crippen molar-refractivity contribution in [3.63, 3.8) is 0 Å². The van der Waals surface area contributed by atoms with Crippen LogP contribution in [0.15, 0.2) is 15.9 Å². The molecule has 0 bridgehead atoms. The van der Waals surface area contributed by atoms with Crippen LogP contribution in [0.25, 0.3) is 0 Å². The molecular weight excluding hydrogens is 288 g/mol. The fourth-order valence-electron chi connectivity index (χ4n) is 1.31. The van der Waals surface area contributed by atoms with E-state index in [1.165, 1.54) is 11.3 Å². The molecule has 0 spiro atoms. The first kappa shape index (κ1) is 13.2. The van der Waals surface area contributed by atoms with Gasteiger partial charge in [-0.25, -0.2) is 0 Å². The van der Waals surface area contributed by atoms with Gasteiger partial charge in [0.15, 0.2) is 0 Å². The van der Waals surface area contributed by atoms with Gasteiger partial charge >= 0.3 is 0 Å². The monoisotopic (exact) mass is 300 g/mol. The molecule has 0 saturated carbocycles. The highest BCUT2D eigenvalue weighted by atomic mass is 79.9. The molecule has 0 aromatic carbocycles. The van der Waals surface area contributed by atoms with Crippen molar-refractivity contribution < 1.29 is 4.79 Å². The number of nitriles is 1. The molecule has 1 atom stereocenters. The number of carbonyl (C=O) groups is 1. The van der Waals surface area contributed by atoms with Crippen molar-refractivity contribution in [2.24, 2.45) is 5.92 Å². The lowest BCUT2D eigenvalue weighted by molar-refractivity contribution is 0.0757. The Labute approximate surface area is 108 Å². The fraction of sp³-hybridized carbons (Fsp3) is 0.455. The van der Waals surface area contributed by atoms with Gasteiger partial charge in [0.1, 0.15) is 0 Å². The second-order valence-electron chi connectivity index (χ2n) is 3.48. The van der Waals surface area contributed by atoms with Crippen LogP contribution in [0.4, 0.5) is 0 Å². The SMILES string of the molecule is CCN(CC(C)C#N)C(=O)c1ccc(Br)s1. The number of carbonyl (C=O) groups excluding carboxylic acids is 1. The summed E-state index contributed by atoms with van der Waals surface area (Å²) in [4.78, 5) is 14.5. The van der Waals surface area contributed by atoms with Crippen LogP contribution in [-0.2, 0) is 0 Å². The third-order valence-electron chi connectivity index (χ3n) is 2.17. The zero-order chi connectivity index (χ0) is 12.1. The minimum atomic E-state index is -0.132. The molecule has 1 amide bonds. The van der Waals surface area contributed by atoms with Crippen molar-refractivity contribution in [2.75, 3.05) is 13.1 Å². The van der Waals surface area contributed by atoms with Crippen LogP contribution in [-0.4, -0.2) is 23.9 Å². The molecule has 3 nitrogen and oxygen atoms in total. The van der Waals surface area contributed by atoms with Gasteiger partial charge in [-0.2, -0.15) is 5.26 Å². The van der Waals surface area contributed by atoms with Crippen LogP contribution in [0.1, 0.15) is 23.5 Å². The number of hydrogen-bond acceptors (Lipinski definition) is 3. The third kappa shape index (κ3) is 3.32. The summed E-state index contributed by atoms with van der Waals surface area (Å²) in [6.45, 7) is 4.85. The summed E-state index contributed by atoms with van der Waals surface area (Å²) in [6.07, 6.45) is 0. The summed E-state index contributed by atoms with van der Waals surface area (Å²) < 4.78 is 0.945. The Kier molecular flexibility index (Phi) is 4.97. The predicted molar refractivity (Wildman–Crippen MR) is 68.4 cm³/mol. The molecule has 0 fully saturated rings. The van der Waals surface area contributed by atoms with Crippen LogP contribution >= 0.6 is 27.3 Å². The fourth-order valence-corrected chi connectivity index (χ4v) is 2.67. The molecule has 1 aromatic heterocycles. The van der Waals surface area contributed by atoms with Crippen LogP contribution in [0.2, 0.25) is 0 Å². The number of hydrogen-bond donors (Lipinski definition) is 0. The minimum Gasteiger partial charge on any atom is -0.337 e. The van der Waals surface area contributed by atoms with Gasteiger partial charge in [-0.3, -0.25) is 4.79 Å². The van der Waals surface area contributed by atoms with Gasteiger partial charge in [-0.15, -0.1) is 11.3 Å². The molecule has 5 heteroatoms. The summed E-state index contributed by atoms with van der Waals surface area (Å²) in [6, 6.07) is 5.80. The highest BCUT2D eigenvalue weighted by molar-refractivity contribution is 9.11. The Morgan fingerprint density at radius 1 is 1.69 bits per heavy atom. The van der Waals surface area contributed by atoms with E-state index in [0.717, 1.165) is 3.79 Å². The standard InChI is InChI=1S/C11H13BrN2OS/c1-3-14(7-8(2)6-13)11(15)9-4-5-10(12)16-9/h4-5,8H,3,7H2,1-2H3. The summed E-state index contributed by atoms with van der Waals surface area (Å²) in [5, 5.41) is 8.74. The van der Waals surface area contributed by atoms with Gasteiger partial charge in [0.2, 0.25) is 0 Å². The second-order valence-corrected chi connectivity index (χ2v) is 5.94. The number of thiophene rings is 1. The molecule has 86 valence electrons. The molecule has 1 unspecified atom stereocenters. The van der Waals surface area contributed by atoms with Gasteiger partial charge in [-0.1, -0.05) is 0 Å². The van der Waals surface area contributed by atoms with Gasteiger partial charge < -0.3 is 4.90 Å². The van der Waals surface area contributed by atoms with Crippen LogP contribution in [0.3, 0.4) is 0 Å². The summed E-state index contributed by atoms with van der Waals surface area (Å²) in [5.74, 6) is -0.132. The van der Waals surface area contributed by atoms with E-state index in [1.807, 2.05) is 19.9 Å². The van der Waals surface area contributed by atoms with Crippen LogP contribution < -0.4 is 0 Å². The minimum absolute atomic E-state index is 0.000278. The zero-order valence-corrected chi connectivity index (χ0v) is 11.6. The Morgan fingerprint density at radius 2 is 2.38 bits per heavy atom. The lowest BCUT2D eigenvalue weighted by Crippen LogP contribution is -2.33. The van der Waals surface area contributed by atoms with E-state index >= 15 is 0 Å². The maximum absolute atomic E-state index is 12.0. The van der Waals surface area contributed by atoms with E-state index in [0.29, 0.717) is 18.0 Å². The molecule has 1 heterocycles. The molecule has 0 saturated heterocycles. The summed E-state index contributed by atoms with van der Waals surface area (Å²) in [5.41, 5.74) is 0. The van der Waals surface area contributed by atoms with E-state index in [-0.39, 0.29) is 11.8 Å². The predicted octanol–water partition coefficient (Wildman–Crippen LogP) is 3.13. The largest absolute Gasteiger partial charge is 0.337 e. The molecule has 0 N–H and O–H groups in total. The van der Waals surface area contributed by atoms with Gasteiger partial charge in [0.25, 0.3) is 5.91 Å². The van der Waals surface area contributed by atoms with Crippen LogP contribution in [0.5, 0.6) is 0 Å².